The fraction of sp³-hybridized carbons (Fsp3) is 0.0714. The number of nitrogens with zero attached hydrogens (tertiary/aromatic N) is 3. The second kappa shape index (κ2) is 5.58. The van der Waals surface area contributed by atoms with Crippen LogP contribution >= 0.6 is 0 Å². The number of rotatable bonds is 4. The number of aromatic nitrogens is 3. The Morgan fingerprint density at radius 2 is 1.95 bits per heavy atom. The Hall–Kier alpha value is -2.96. The van der Waals surface area contributed by atoms with Crippen LogP contribution in [0, 0.1) is 12.7 Å². The van der Waals surface area contributed by atoms with Crippen molar-refractivity contribution in [2.45, 2.75) is 6.92 Å². The number of nitrogens with one attached hydrogen (secondary N) is 2. The first-order chi connectivity index (χ1) is 10.2. The van der Waals surface area contributed by atoms with E-state index in [1.54, 1.807) is 43.5 Å². The monoisotopic (exact) mass is 285 g/mol. The van der Waals surface area contributed by atoms with E-state index in [-0.39, 0.29) is 11.8 Å². The molecule has 1 aromatic carbocycles. The summed E-state index contributed by atoms with van der Waals surface area (Å²) in [5.74, 6) is 1.67. The molecule has 3 rings (SSSR count). The maximum atomic E-state index is 13.6. The van der Waals surface area contributed by atoms with Gasteiger partial charge in [0.1, 0.15) is 17.4 Å². The Balaban J connectivity index is 1.78. The molecule has 0 amide bonds. The Morgan fingerprint density at radius 1 is 1.10 bits per heavy atom. The van der Waals surface area contributed by atoms with Crippen LogP contribution in [-0.4, -0.2) is 15.1 Å². The van der Waals surface area contributed by atoms with E-state index in [0.717, 1.165) is 0 Å². The van der Waals surface area contributed by atoms with Gasteiger partial charge in [-0.15, -0.1) is 0 Å². The number of anilines is 4. The molecule has 2 N–H and O–H groups in total. The molecule has 2 aromatic heterocycles. The van der Waals surface area contributed by atoms with Gasteiger partial charge in [0, 0.05) is 12.3 Å². The second-order valence-corrected chi connectivity index (χ2v) is 4.32. The van der Waals surface area contributed by atoms with Crippen LogP contribution in [0.15, 0.2) is 47.1 Å². The standard InChI is InChI=1S/C14H12FN5O/c1-9-8-13(20-21-9)18-12-6-7-16-14(19-12)17-11-5-3-2-4-10(11)15/h2-8H,1H3,(H2,16,17,18,19,20). The van der Waals surface area contributed by atoms with Crippen molar-refractivity contribution < 1.29 is 8.91 Å². The van der Waals surface area contributed by atoms with E-state index in [2.05, 4.69) is 25.8 Å². The van der Waals surface area contributed by atoms with Gasteiger partial charge in [0.15, 0.2) is 5.82 Å². The zero-order valence-corrected chi connectivity index (χ0v) is 11.2. The minimum absolute atomic E-state index is 0.283. The van der Waals surface area contributed by atoms with Crippen molar-refractivity contribution in [2.24, 2.45) is 0 Å². The zero-order chi connectivity index (χ0) is 14.7. The van der Waals surface area contributed by atoms with Crippen LogP contribution < -0.4 is 10.6 Å². The smallest absolute Gasteiger partial charge is 0.229 e. The van der Waals surface area contributed by atoms with Gasteiger partial charge in [-0.1, -0.05) is 17.3 Å². The van der Waals surface area contributed by atoms with E-state index < -0.39 is 0 Å². The van der Waals surface area contributed by atoms with Gasteiger partial charge in [-0.3, -0.25) is 0 Å². The van der Waals surface area contributed by atoms with Crippen LogP contribution in [0.4, 0.5) is 27.7 Å². The highest BCUT2D eigenvalue weighted by Crippen LogP contribution is 2.19. The lowest BCUT2D eigenvalue weighted by atomic mass is 10.3. The molecule has 7 heteroatoms. The molecule has 21 heavy (non-hydrogen) atoms. The van der Waals surface area contributed by atoms with Gasteiger partial charge < -0.3 is 15.2 Å². The average molecular weight is 285 g/mol. The van der Waals surface area contributed by atoms with E-state index in [1.807, 2.05) is 0 Å². The lowest BCUT2D eigenvalue weighted by Gasteiger charge is -2.07. The quantitative estimate of drug-likeness (QED) is 0.765. The third kappa shape index (κ3) is 3.14. The minimum Gasteiger partial charge on any atom is -0.360 e. The van der Waals surface area contributed by atoms with E-state index in [1.165, 1.54) is 6.07 Å². The Morgan fingerprint density at radius 3 is 2.71 bits per heavy atom. The van der Waals surface area contributed by atoms with Crippen LogP contribution in [0.25, 0.3) is 0 Å². The average Bonchev–Trinajstić information content (AvgIpc) is 2.87. The first-order valence-electron chi connectivity index (χ1n) is 6.26. The lowest BCUT2D eigenvalue weighted by molar-refractivity contribution is 0.400. The topological polar surface area (TPSA) is 75.9 Å². The molecule has 0 unspecified atom stereocenters. The summed E-state index contributed by atoms with van der Waals surface area (Å²) in [6, 6.07) is 9.74. The Labute approximate surface area is 120 Å². The van der Waals surface area contributed by atoms with Crippen molar-refractivity contribution in [3.05, 3.63) is 54.2 Å². The van der Waals surface area contributed by atoms with Gasteiger partial charge in [-0.25, -0.2) is 9.37 Å². The number of hydrogen-bond acceptors (Lipinski definition) is 6. The van der Waals surface area contributed by atoms with Crippen LogP contribution in [0.5, 0.6) is 0 Å². The zero-order valence-electron chi connectivity index (χ0n) is 11.2. The van der Waals surface area contributed by atoms with Gasteiger partial charge in [0.25, 0.3) is 0 Å². The third-order valence-corrected chi connectivity index (χ3v) is 2.66. The summed E-state index contributed by atoms with van der Waals surface area (Å²) in [6.07, 6.45) is 1.56. The van der Waals surface area contributed by atoms with Gasteiger partial charge in [0.05, 0.1) is 5.69 Å². The van der Waals surface area contributed by atoms with Crippen molar-refractivity contribution >= 4 is 23.3 Å². The SMILES string of the molecule is Cc1cc(Nc2ccnc(Nc3ccccc3F)n2)no1. The van der Waals surface area contributed by atoms with Gasteiger partial charge >= 0.3 is 0 Å². The molecule has 0 spiro atoms. The molecule has 0 saturated heterocycles. The number of para-hydroxylation sites is 1. The van der Waals surface area contributed by atoms with Gasteiger partial charge in [-0.2, -0.15) is 4.98 Å². The molecule has 6 nitrogen and oxygen atoms in total. The lowest BCUT2D eigenvalue weighted by Crippen LogP contribution is -2.01. The number of hydrogen-bond donors (Lipinski definition) is 2. The fourth-order valence-electron chi connectivity index (χ4n) is 1.73. The molecule has 0 radical (unpaired) electrons. The van der Waals surface area contributed by atoms with E-state index in [4.69, 9.17) is 4.52 Å². The van der Waals surface area contributed by atoms with Gasteiger partial charge in [-0.05, 0) is 25.1 Å². The molecule has 0 atom stereocenters. The fourth-order valence-corrected chi connectivity index (χ4v) is 1.73. The van der Waals surface area contributed by atoms with Crippen LogP contribution in [0.2, 0.25) is 0 Å². The Kier molecular flexibility index (Phi) is 3.46. The van der Waals surface area contributed by atoms with Crippen LogP contribution in [-0.2, 0) is 0 Å². The van der Waals surface area contributed by atoms with E-state index in [0.29, 0.717) is 23.1 Å². The molecule has 0 fully saturated rings. The molecular weight excluding hydrogens is 273 g/mol. The summed E-state index contributed by atoms with van der Waals surface area (Å²) in [5, 5.41) is 9.61. The first-order valence-corrected chi connectivity index (χ1v) is 6.26. The van der Waals surface area contributed by atoms with Crippen molar-refractivity contribution in [3.63, 3.8) is 0 Å². The third-order valence-electron chi connectivity index (χ3n) is 2.66. The Bertz CT molecular complexity index is 758. The van der Waals surface area contributed by atoms with E-state index in [9.17, 15) is 4.39 Å². The highest BCUT2D eigenvalue weighted by atomic mass is 19.1. The maximum absolute atomic E-state index is 13.6. The minimum atomic E-state index is -0.369. The van der Waals surface area contributed by atoms with Crippen molar-refractivity contribution in [2.75, 3.05) is 10.6 Å². The van der Waals surface area contributed by atoms with E-state index >= 15 is 0 Å². The maximum Gasteiger partial charge on any atom is 0.229 e. The number of benzene rings is 1. The molecular formula is C14H12FN5O. The number of halogens is 1. The largest absolute Gasteiger partial charge is 0.360 e. The summed E-state index contributed by atoms with van der Waals surface area (Å²) in [4.78, 5) is 8.28. The van der Waals surface area contributed by atoms with Crippen molar-refractivity contribution in [3.8, 4) is 0 Å². The molecule has 0 aliphatic rings. The van der Waals surface area contributed by atoms with Crippen LogP contribution in [0.1, 0.15) is 5.76 Å². The molecule has 0 aliphatic heterocycles. The molecule has 0 saturated carbocycles. The van der Waals surface area contributed by atoms with Gasteiger partial charge in [0.2, 0.25) is 5.95 Å². The normalized spacial score (nSPS) is 10.4. The molecule has 106 valence electrons. The van der Waals surface area contributed by atoms with Crippen LogP contribution in [0.3, 0.4) is 0 Å². The summed E-state index contributed by atoms with van der Waals surface area (Å²) in [7, 11) is 0. The summed E-state index contributed by atoms with van der Waals surface area (Å²) >= 11 is 0. The summed E-state index contributed by atoms with van der Waals surface area (Å²) in [5.41, 5.74) is 0.312. The van der Waals surface area contributed by atoms with Crippen molar-refractivity contribution in [1.29, 1.82) is 0 Å². The number of aryl methyl sites for hydroxylation is 1. The molecule has 2 heterocycles. The molecule has 3 aromatic rings. The molecule has 0 bridgehead atoms. The van der Waals surface area contributed by atoms with Crippen molar-refractivity contribution in [1.82, 2.24) is 15.1 Å². The molecule has 0 aliphatic carbocycles. The predicted molar refractivity (Wildman–Crippen MR) is 76.2 cm³/mol. The predicted octanol–water partition coefficient (Wildman–Crippen LogP) is 3.40. The summed E-state index contributed by atoms with van der Waals surface area (Å²) in [6.45, 7) is 1.79. The first kappa shape index (κ1) is 13.0. The highest BCUT2D eigenvalue weighted by molar-refractivity contribution is 5.57. The summed E-state index contributed by atoms with van der Waals surface area (Å²) < 4.78 is 18.5. The second-order valence-electron chi connectivity index (χ2n) is 4.32. The highest BCUT2D eigenvalue weighted by Gasteiger charge is 2.05.